The average Bonchev–Trinajstić information content (AvgIpc) is 2.76. The number of ether oxygens (including phenoxy) is 1. The van der Waals surface area contributed by atoms with Crippen LogP contribution in [0.3, 0.4) is 0 Å². The van der Waals surface area contributed by atoms with Crippen LogP contribution >= 0.6 is 0 Å². The van der Waals surface area contributed by atoms with Crippen LogP contribution in [0.2, 0.25) is 0 Å². The van der Waals surface area contributed by atoms with Crippen molar-refractivity contribution in [1.29, 1.82) is 0 Å². The van der Waals surface area contributed by atoms with Crippen molar-refractivity contribution >= 4 is 20.8 Å². The molecule has 3 aromatic rings. The molecule has 0 amide bonds. The average molecular weight is 411 g/mol. The lowest BCUT2D eigenvalue weighted by molar-refractivity contribution is 0.251. The van der Waals surface area contributed by atoms with E-state index in [0.29, 0.717) is 11.4 Å². The highest BCUT2D eigenvalue weighted by molar-refractivity contribution is 7.89. The summed E-state index contributed by atoms with van der Waals surface area (Å²) in [6, 6.07) is 19.2. The summed E-state index contributed by atoms with van der Waals surface area (Å²) in [7, 11) is -1.84. The lowest BCUT2D eigenvalue weighted by atomic mass is 9.99. The lowest BCUT2D eigenvalue weighted by Crippen LogP contribution is -2.33. The van der Waals surface area contributed by atoms with E-state index in [2.05, 4.69) is 21.8 Å². The SMILES string of the molecule is COc1ccc2c(c1)CCN(CCCNS(=O)(=O)c1cccc3ccccc13)C2. The van der Waals surface area contributed by atoms with E-state index in [9.17, 15) is 8.42 Å². The van der Waals surface area contributed by atoms with E-state index >= 15 is 0 Å². The van der Waals surface area contributed by atoms with Gasteiger partial charge in [0.2, 0.25) is 10.0 Å². The molecule has 152 valence electrons. The highest BCUT2D eigenvalue weighted by Gasteiger charge is 2.18. The van der Waals surface area contributed by atoms with Gasteiger partial charge < -0.3 is 4.74 Å². The fourth-order valence-corrected chi connectivity index (χ4v) is 5.22. The monoisotopic (exact) mass is 410 g/mol. The van der Waals surface area contributed by atoms with Crippen LogP contribution in [0.4, 0.5) is 0 Å². The van der Waals surface area contributed by atoms with E-state index in [-0.39, 0.29) is 0 Å². The Bertz CT molecular complexity index is 1110. The standard InChI is InChI=1S/C23H26N2O3S/c1-28-21-11-10-20-17-25(15-12-19(20)16-21)14-5-13-24-29(26,27)23-9-4-7-18-6-2-3-8-22(18)23/h2-4,6-11,16,24H,5,12-15,17H2,1H3. The summed E-state index contributed by atoms with van der Waals surface area (Å²) in [4.78, 5) is 2.72. The van der Waals surface area contributed by atoms with Crippen LogP contribution in [0.1, 0.15) is 17.5 Å². The molecule has 0 saturated carbocycles. The third-order valence-electron chi connectivity index (χ3n) is 5.49. The number of fused-ring (bicyclic) bond motifs is 2. The highest BCUT2D eigenvalue weighted by atomic mass is 32.2. The summed E-state index contributed by atoms with van der Waals surface area (Å²) in [5.74, 6) is 0.903. The van der Waals surface area contributed by atoms with E-state index in [0.717, 1.165) is 49.0 Å². The van der Waals surface area contributed by atoms with Gasteiger partial charge in [-0.25, -0.2) is 13.1 Å². The van der Waals surface area contributed by atoms with E-state index < -0.39 is 10.0 Å². The summed E-state index contributed by atoms with van der Waals surface area (Å²) in [5, 5.41) is 1.68. The van der Waals surface area contributed by atoms with Crippen molar-refractivity contribution < 1.29 is 13.2 Å². The van der Waals surface area contributed by atoms with E-state index in [1.54, 1.807) is 19.2 Å². The van der Waals surface area contributed by atoms with Gasteiger partial charge in [-0.1, -0.05) is 42.5 Å². The summed E-state index contributed by atoms with van der Waals surface area (Å²) in [6.45, 7) is 3.17. The first-order chi connectivity index (χ1) is 14.1. The molecule has 1 heterocycles. The molecule has 0 radical (unpaired) electrons. The minimum atomic E-state index is -3.53. The van der Waals surface area contributed by atoms with Crippen LogP contribution < -0.4 is 9.46 Å². The Morgan fingerprint density at radius 3 is 2.72 bits per heavy atom. The zero-order valence-corrected chi connectivity index (χ0v) is 17.4. The Morgan fingerprint density at radius 2 is 1.86 bits per heavy atom. The Hall–Kier alpha value is -2.41. The second kappa shape index (κ2) is 8.53. The van der Waals surface area contributed by atoms with Crippen LogP contribution in [0.15, 0.2) is 65.6 Å². The number of hydrogen-bond acceptors (Lipinski definition) is 4. The molecular formula is C23H26N2O3S. The molecule has 0 saturated heterocycles. The molecule has 0 bridgehead atoms. The first-order valence-corrected chi connectivity index (χ1v) is 11.4. The molecule has 0 fully saturated rings. The Labute approximate surface area is 172 Å². The van der Waals surface area contributed by atoms with Crippen molar-refractivity contribution in [2.75, 3.05) is 26.7 Å². The summed E-state index contributed by atoms with van der Waals surface area (Å²) in [6.07, 6.45) is 1.77. The fraction of sp³-hybridized carbons (Fsp3) is 0.304. The zero-order chi connectivity index (χ0) is 20.3. The Kier molecular flexibility index (Phi) is 5.85. The maximum absolute atomic E-state index is 12.8. The highest BCUT2D eigenvalue weighted by Crippen LogP contribution is 2.24. The molecule has 0 aromatic heterocycles. The van der Waals surface area contributed by atoms with E-state index in [1.807, 2.05) is 36.4 Å². The third-order valence-corrected chi connectivity index (χ3v) is 7.01. The minimum absolute atomic E-state index is 0.344. The lowest BCUT2D eigenvalue weighted by Gasteiger charge is -2.29. The maximum atomic E-state index is 12.8. The van der Waals surface area contributed by atoms with Crippen LogP contribution in [0.5, 0.6) is 5.75 Å². The molecule has 0 atom stereocenters. The van der Waals surface area contributed by atoms with Crippen molar-refractivity contribution in [3.63, 3.8) is 0 Å². The van der Waals surface area contributed by atoms with Crippen LogP contribution in [-0.4, -0.2) is 40.1 Å². The number of nitrogens with one attached hydrogen (secondary N) is 1. The predicted molar refractivity (Wildman–Crippen MR) is 116 cm³/mol. The first-order valence-electron chi connectivity index (χ1n) is 9.92. The minimum Gasteiger partial charge on any atom is -0.497 e. The van der Waals surface area contributed by atoms with Gasteiger partial charge in [0.15, 0.2) is 0 Å². The van der Waals surface area contributed by atoms with Crippen molar-refractivity contribution in [1.82, 2.24) is 9.62 Å². The smallest absolute Gasteiger partial charge is 0.241 e. The topological polar surface area (TPSA) is 58.6 Å². The molecule has 5 nitrogen and oxygen atoms in total. The number of sulfonamides is 1. The Morgan fingerprint density at radius 1 is 1.03 bits per heavy atom. The van der Waals surface area contributed by atoms with Gasteiger partial charge in [-0.2, -0.15) is 0 Å². The molecule has 0 spiro atoms. The van der Waals surface area contributed by atoms with Gasteiger partial charge in [0.25, 0.3) is 0 Å². The third kappa shape index (κ3) is 4.45. The second-order valence-electron chi connectivity index (χ2n) is 7.39. The fourth-order valence-electron chi connectivity index (χ4n) is 3.92. The molecule has 1 aliphatic rings. The van der Waals surface area contributed by atoms with Gasteiger partial charge in [0, 0.05) is 25.0 Å². The van der Waals surface area contributed by atoms with Crippen LogP contribution in [0, 0.1) is 0 Å². The van der Waals surface area contributed by atoms with E-state index in [4.69, 9.17) is 4.74 Å². The normalized spacial score (nSPS) is 14.7. The van der Waals surface area contributed by atoms with Gasteiger partial charge in [-0.05, 0) is 54.1 Å². The molecule has 6 heteroatoms. The molecule has 1 N–H and O–H groups in total. The predicted octanol–water partition coefficient (Wildman–Crippen LogP) is 3.58. The van der Waals surface area contributed by atoms with Gasteiger partial charge in [0.1, 0.15) is 5.75 Å². The zero-order valence-electron chi connectivity index (χ0n) is 16.6. The quantitative estimate of drug-likeness (QED) is 0.605. The molecular weight excluding hydrogens is 384 g/mol. The van der Waals surface area contributed by atoms with Gasteiger partial charge in [0.05, 0.1) is 12.0 Å². The molecule has 0 unspecified atom stereocenters. The van der Waals surface area contributed by atoms with Crippen molar-refractivity contribution in [3.05, 3.63) is 71.8 Å². The molecule has 0 aliphatic carbocycles. The van der Waals surface area contributed by atoms with Crippen LogP contribution in [-0.2, 0) is 23.0 Å². The molecule has 29 heavy (non-hydrogen) atoms. The van der Waals surface area contributed by atoms with Crippen molar-refractivity contribution in [3.8, 4) is 5.75 Å². The summed E-state index contributed by atoms with van der Waals surface area (Å²) >= 11 is 0. The summed E-state index contributed by atoms with van der Waals surface area (Å²) in [5.41, 5.74) is 2.67. The maximum Gasteiger partial charge on any atom is 0.241 e. The number of methoxy groups -OCH3 is 1. The van der Waals surface area contributed by atoms with E-state index in [1.165, 1.54) is 11.1 Å². The van der Waals surface area contributed by atoms with Gasteiger partial charge >= 0.3 is 0 Å². The van der Waals surface area contributed by atoms with Gasteiger partial charge in [-0.3, -0.25) is 4.90 Å². The first kappa shape index (κ1) is 19.9. The molecule has 4 rings (SSSR count). The Balaban J connectivity index is 1.33. The molecule has 1 aliphatic heterocycles. The molecule has 3 aromatic carbocycles. The number of hydrogen-bond donors (Lipinski definition) is 1. The van der Waals surface area contributed by atoms with Gasteiger partial charge in [-0.15, -0.1) is 0 Å². The number of nitrogens with zero attached hydrogens (tertiary/aromatic N) is 1. The van der Waals surface area contributed by atoms with Crippen molar-refractivity contribution in [2.24, 2.45) is 0 Å². The number of rotatable bonds is 7. The summed E-state index contributed by atoms with van der Waals surface area (Å²) < 4.78 is 33.6. The van der Waals surface area contributed by atoms with Crippen LogP contribution in [0.25, 0.3) is 10.8 Å². The second-order valence-corrected chi connectivity index (χ2v) is 9.12. The largest absolute Gasteiger partial charge is 0.497 e. The number of benzene rings is 3. The van der Waals surface area contributed by atoms with Crippen molar-refractivity contribution in [2.45, 2.75) is 24.3 Å².